The summed E-state index contributed by atoms with van der Waals surface area (Å²) in [7, 11) is 0. The molecule has 3 rings (SSSR count). The lowest BCUT2D eigenvalue weighted by Gasteiger charge is -2.44. The molecule has 0 aromatic heterocycles. The molecule has 0 amide bonds. The first-order valence-corrected chi connectivity index (χ1v) is 7.49. The number of rotatable bonds is 5. The minimum Gasteiger partial charge on any atom is -0.372 e. The second-order valence-corrected chi connectivity index (χ2v) is 7.43. The van der Waals surface area contributed by atoms with Crippen molar-refractivity contribution in [3.8, 4) is 0 Å². The molecule has 1 saturated carbocycles. The van der Waals surface area contributed by atoms with Gasteiger partial charge in [-0.1, -0.05) is 20.8 Å². The van der Waals surface area contributed by atoms with Gasteiger partial charge in [-0.2, -0.15) is 0 Å². The molecule has 2 aliphatic heterocycles. The average Bonchev–Trinajstić information content (AvgIpc) is 3.07. The Morgan fingerprint density at radius 2 is 1.61 bits per heavy atom. The van der Waals surface area contributed by atoms with Gasteiger partial charge in [0.2, 0.25) is 0 Å². The smallest absolute Gasteiger partial charge is 0.0936 e. The Bertz CT molecular complexity index is 280. The molecule has 3 aliphatic rings. The first-order chi connectivity index (χ1) is 8.52. The van der Waals surface area contributed by atoms with Crippen LogP contribution in [0.5, 0.6) is 0 Å². The summed E-state index contributed by atoms with van der Waals surface area (Å²) in [5.41, 5.74) is 0.495. The topological polar surface area (TPSA) is 28.3 Å². The van der Waals surface area contributed by atoms with Crippen LogP contribution < -0.4 is 0 Å². The summed E-state index contributed by atoms with van der Waals surface area (Å²) in [5, 5.41) is 0. The summed E-state index contributed by atoms with van der Waals surface area (Å²) in [6.45, 7) is 11.4. The fraction of sp³-hybridized carbons (Fsp3) is 1.00. The molecule has 0 N–H and O–H groups in total. The predicted molar refractivity (Wildman–Crippen MR) is 71.6 cm³/mol. The first-order valence-electron chi connectivity index (χ1n) is 7.49. The van der Waals surface area contributed by atoms with E-state index in [0.29, 0.717) is 17.6 Å². The summed E-state index contributed by atoms with van der Waals surface area (Å²) in [5.74, 6) is 0.849. The van der Waals surface area contributed by atoms with E-state index in [1.54, 1.807) is 0 Å². The molecular formula is C15H27NO2. The summed E-state index contributed by atoms with van der Waals surface area (Å²) in [6.07, 6.45) is 5.06. The molecule has 0 bridgehead atoms. The highest BCUT2D eigenvalue weighted by atomic mass is 16.6. The van der Waals surface area contributed by atoms with E-state index in [-0.39, 0.29) is 0 Å². The molecule has 1 aliphatic carbocycles. The van der Waals surface area contributed by atoms with Crippen LogP contribution in [0.1, 0.15) is 40.0 Å². The highest BCUT2D eigenvalue weighted by Crippen LogP contribution is 2.41. The van der Waals surface area contributed by atoms with Crippen LogP contribution >= 0.6 is 0 Å². The van der Waals surface area contributed by atoms with Crippen LogP contribution in [0.15, 0.2) is 0 Å². The maximum atomic E-state index is 5.43. The van der Waals surface area contributed by atoms with E-state index in [1.807, 2.05) is 0 Å². The minimum absolute atomic E-state index is 0.495. The highest BCUT2D eigenvalue weighted by Gasteiger charge is 2.39. The lowest BCUT2D eigenvalue weighted by atomic mass is 9.70. The Morgan fingerprint density at radius 3 is 2.06 bits per heavy atom. The third kappa shape index (κ3) is 3.46. The van der Waals surface area contributed by atoms with Crippen molar-refractivity contribution < 1.29 is 9.47 Å². The fourth-order valence-corrected chi connectivity index (χ4v) is 3.82. The number of hydrogen-bond donors (Lipinski definition) is 0. The Labute approximate surface area is 111 Å². The SMILES string of the molecule is CC1CC(N(CC2CO2)CC2CO2)CC(C)(C)C1. The van der Waals surface area contributed by atoms with Crippen LogP contribution in [0.4, 0.5) is 0 Å². The Hall–Kier alpha value is -0.120. The zero-order valence-electron chi connectivity index (χ0n) is 12.0. The predicted octanol–water partition coefficient (Wildman–Crippen LogP) is 2.30. The van der Waals surface area contributed by atoms with Gasteiger partial charge in [0, 0.05) is 19.1 Å². The third-order valence-corrected chi connectivity index (χ3v) is 4.56. The first kappa shape index (κ1) is 12.9. The second kappa shape index (κ2) is 4.77. The number of hydrogen-bond acceptors (Lipinski definition) is 3. The van der Waals surface area contributed by atoms with Crippen molar-refractivity contribution >= 4 is 0 Å². The molecule has 0 aromatic rings. The Morgan fingerprint density at radius 1 is 1.06 bits per heavy atom. The summed E-state index contributed by atoms with van der Waals surface area (Å²) in [4.78, 5) is 2.66. The van der Waals surface area contributed by atoms with Crippen molar-refractivity contribution in [1.29, 1.82) is 0 Å². The van der Waals surface area contributed by atoms with E-state index in [0.717, 1.165) is 38.3 Å². The van der Waals surface area contributed by atoms with Gasteiger partial charge in [-0.05, 0) is 30.6 Å². The molecular weight excluding hydrogens is 226 g/mol. The molecule has 4 atom stereocenters. The third-order valence-electron chi connectivity index (χ3n) is 4.56. The second-order valence-electron chi connectivity index (χ2n) is 7.43. The van der Waals surface area contributed by atoms with Crippen molar-refractivity contribution in [3.05, 3.63) is 0 Å². The van der Waals surface area contributed by atoms with Crippen LogP contribution in [-0.2, 0) is 9.47 Å². The normalized spacial score (nSPS) is 42.0. The van der Waals surface area contributed by atoms with Crippen LogP contribution in [0.2, 0.25) is 0 Å². The van der Waals surface area contributed by atoms with Gasteiger partial charge in [-0.15, -0.1) is 0 Å². The van der Waals surface area contributed by atoms with Crippen LogP contribution in [0.25, 0.3) is 0 Å². The van der Waals surface area contributed by atoms with Crippen molar-refractivity contribution in [3.63, 3.8) is 0 Å². The summed E-state index contributed by atoms with van der Waals surface area (Å²) >= 11 is 0. The zero-order chi connectivity index (χ0) is 12.8. The molecule has 0 aromatic carbocycles. The Kier molecular flexibility index (Phi) is 3.41. The van der Waals surface area contributed by atoms with E-state index in [1.165, 1.54) is 19.3 Å². The van der Waals surface area contributed by atoms with Gasteiger partial charge in [-0.3, -0.25) is 4.90 Å². The maximum absolute atomic E-state index is 5.43. The Balaban J connectivity index is 1.63. The van der Waals surface area contributed by atoms with E-state index in [9.17, 15) is 0 Å². The van der Waals surface area contributed by atoms with Gasteiger partial charge >= 0.3 is 0 Å². The molecule has 0 spiro atoms. The van der Waals surface area contributed by atoms with E-state index < -0.39 is 0 Å². The van der Waals surface area contributed by atoms with Crippen molar-refractivity contribution in [2.75, 3.05) is 26.3 Å². The molecule has 3 nitrogen and oxygen atoms in total. The van der Waals surface area contributed by atoms with Crippen LogP contribution in [0.3, 0.4) is 0 Å². The molecule has 18 heavy (non-hydrogen) atoms. The highest BCUT2D eigenvalue weighted by molar-refractivity contribution is 4.91. The molecule has 4 unspecified atom stereocenters. The fourth-order valence-electron chi connectivity index (χ4n) is 3.82. The standard InChI is InChI=1S/C15H27NO2/c1-11-4-12(6-15(2,3)5-11)16(7-13-9-17-13)8-14-10-18-14/h11-14H,4-10H2,1-3H3. The quantitative estimate of drug-likeness (QED) is 0.704. The van der Waals surface area contributed by atoms with Crippen LogP contribution in [-0.4, -0.2) is 49.5 Å². The number of epoxide rings is 2. The van der Waals surface area contributed by atoms with Crippen molar-refractivity contribution in [1.82, 2.24) is 4.90 Å². The van der Waals surface area contributed by atoms with E-state index in [2.05, 4.69) is 25.7 Å². The lowest BCUT2D eigenvalue weighted by Crippen LogP contribution is -2.46. The molecule has 2 saturated heterocycles. The van der Waals surface area contributed by atoms with Gasteiger partial charge in [0.25, 0.3) is 0 Å². The zero-order valence-corrected chi connectivity index (χ0v) is 12.0. The molecule has 3 fully saturated rings. The van der Waals surface area contributed by atoms with Gasteiger partial charge in [0.15, 0.2) is 0 Å². The van der Waals surface area contributed by atoms with Crippen molar-refractivity contribution in [2.24, 2.45) is 11.3 Å². The summed E-state index contributed by atoms with van der Waals surface area (Å²) in [6, 6.07) is 0.733. The largest absolute Gasteiger partial charge is 0.372 e. The van der Waals surface area contributed by atoms with E-state index in [4.69, 9.17) is 9.47 Å². The lowest BCUT2D eigenvalue weighted by molar-refractivity contribution is 0.0576. The van der Waals surface area contributed by atoms with E-state index >= 15 is 0 Å². The van der Waals surface area contributed by atoms with Gasteiger partial charge in [0.1, 0.15) is 0 Å². The summed E-state index contributed by atoms with van der Waals surface area (Å²) < 4.78 is 10.9. The maximum Gasteiger partial charge on any atom is 0.0936 e. The van der Waals surface area contributed by atoms with Crippen molar-refractivity contribution in [2.45, 2.75) is 58.3 Å². The monoisotopic (exact) mass is 253 g/mol. The molecule has 3 heteroatoms. The minimum atomic E-state index is 0.495. The van der Waals surface area contributed by atoms with Gasteiger partial charge in [-0.25, -0.2) is 0 Å². The van der Waals surface area contributed by atoms with Gasteiger partial charge < -0.3 is 9.47 Å². The average molecular weight is 253 g/mol. The number of ether oxygens (including phenoxy) is 2. The van der Waals surface area contributed by atoms with Gasteiger partial charge in [0.05, 0.1) is 25.4 Å². The molecule has 2 heterocycles. The molecule has 104 valence electrons. The van der Waals surface area contributed by atoms with Crippen LogP contribution in [0, 0.1) is 11.3 Å². The molecule has 0 radical (unpaired) electrons. The number of nitrogens with zero attached hydrogens (tertiary/aromatic N) is 1.